The molecule has 0 aliphatic heterocycles. The Morgan fingerprint density at radius 1 is 1.00 bits per heavy atom. The van der Waals surface area contributed by atoms with Crippen LogP contribution in [0.4, 0.5) is 5.69 Å². The first-order valence-corrected chi connectivity index (χ1v) is 10.7. The Labute approximate surface area is 208 Å². The minimum Gasteiger partial charge on any atom is -0.375 e. The predicted molar refractivity (Wildman–Crippen MR) is 143 cm³/mol. The molecule has 0 spiro atoms. The third kappa shape index (κ3) is 7.51. The van der Waals surface area contributed by atoms with Crippen molar-refractivity contribution < 1.29 is 0 Å². The Kier molecular flexibility index (Phi) is 10.5. The molecule has 1 N–H and O–H groups in total. The average molecular weight is 547 g/mol. The normalized spacial score (nSPS) is 11.1. The third-order valence-corrected chi connectivity index (χ3v) is 5.33. The highest BCUT2D eigenvalue weighted by molar-refractivity contribution is 14.0. The largest absolute Gasteiger partial charge is 0.375 e. The Morgan fingerprint density at radius 2 is 1.66 bits per heavy atom. The summed E-state index contributed by atoms with van der Waals surface area (Å²) < 4.78 is 1.98. The standard InChI is InChI=1S/C24H33N7.HI/c1-20-27-28-23(31(20)4)18-26-24(30(3)19-21-12-7-5-8-13-21)25-16-11-17-29(2)22-14-9-6-10-15-22;/h5-10,12-15H,11,16-19H2,1-4H3,(H,25,26);1H. The van der Waals surface area contributed by atoms with Gasteiger partial charge in [-0.25, -0.2) is 4.99 Å². The quantitative estimate of drug-likeness (QED) is 0.191. The van der Waals surface area contributed by atoms with Gasteiger partial charge in [0, 0.05) is 46.5 Å². The molecule has 2 aromatic carbocycles. The van der Waals surface area contributed by atoms with E-state index in [2.05, 4.69) is 87.9 Å². The van der Waals surface area contributed by atoms with E-state index in [1.165, 1.54) is 11.3 Å². The average Bonchev–Trinajstić information content (AvgIpc) is 3.11. The van der Waals surface area contributed by atoms with E-state index >= 15 is 0 Å². The number of aromatic nitrogens is 3. The van der Waals surface area contributed by atoms with E-state index in [0.29, 0.717) is 6.54 Å². The van der Waals surface area contributed by atoms with Gasteiger partial charge < -0.3 is 19.7 Å². The summed E-state index contributed by atoms with van der Waals surface area (Å²) in [5.74, 6) is 2.61. The van der Waals surface area contributed by atoms with Crippen LogP contribution in [0.3, 0.4) is 0 Å². The molecule has 0 bridgehead atoms. The minimum absolute atomic E-state index is 0. The summed E-state index contributed by atoms with van der Waals surface area (Å²) in [6, 6.07) is 20.9. The van der Waals surface area contributed by atoms with Gasteiger partial charge in [0.15, 0.2) is 11.8 Å². The molecule has 32 heavy (non-hydrogen) atoms. The Balaban J connectivity index is 0.00000363. The molecule has 8 heteroatoms. The highest BCUT2D eigenvalue weighted by Gasteiger charge is 2.10. The third-order valence-electron chi connectivity index (χ3n) is 5.33. The molecule has 0 fully saturated rings. The van der Waals surface area contributed by atoms with Crippen molar-refractivity contribution in [3.63, 3.8) is 0 Å². The second kappa shape index (κ2) is 13.0. The van der Waals surface area contributed by atoms with Crippen LogP contribution in [0.2, 0.25) is 0 Å². The fourth-order valence-electron chi connectivity index (χ4n) is 3.31. The lowest BCUT2D eigenvalue weighted by atomic mass is 10.2. The summed E-state index contributed by atoms with van der Waals surface area (Å²) in [6.45, 7) is 5.03. The number of para-hydroxylation sites is 1. The van der Waals surface area contributed by atoms with Crippen LogP contribution in [-0.2, 0) is 20.1 Å². The van der Waals surface area contributed by atoms with Gasteiger partial charge in [-0.2, -0.15) is 0 Å². The molecule has 0 aliphatic rings. The van der Waals surface area contributed by atoms with Crippen molar-refractivity contribution in [3.05, 3.63) is 77.9 Å². The van der Waals surface area contributed by atoms with E-state index in [-0.39, 0.29) is 24.0 Å². The highest BCUT2D eigenvalue weighted by atomic mass is 127. The number of nitrogens with one attached hydrogen (secondary N) is 1. The van der Waals surface area contributed by atoms with Crippen LogP contribution >= 0.6 is 24.0 Å². The van der Waals surface area contributed by atoms with Gasteiger partial charge in [0.05, 0.1) is 0 Å². The number of halogens is 1. The Morgan fingerprint density at radius 3 is 2.28 bits per heavy atom. The smallest absolute Gasteiger partial charge is 0.194 e. The van der Waals surface area contributed by atoms with Crippen LogP contribution in [0.5, 0.6) is 0 Å². The molecule has 0 amide bonds. The summed E-state index contributed by atoms with van der Waals surface area (Å²) in [7, 11) is 6.17. The van der Waals surface area contributed by atoms with Crippen LogP contribution in [0, 0.1) is 6.92 Å². The van der Waals surface area contributed by atoms with Crippen LogP contribution in [0.15, 0.2) is 65.7 Å². The van der Waals surface area contributed by atoms with Crippen molar-refractivity contribution in [1.82, 2.24) is 25.0 Å². The van der Waals surface area contributed by atoms with Gasteiger partial charge in [-0.15, -0.1) is 34.2 Å². The van der Waals surface area contributed by atoms with Gasteiger partial charge in [-0.05, 0) is 31.0 Å². The van der Waals surface area contributed by atoms with Crippen molar-refractivity contribution in [3.8, 4) is 0 Å². The maximum absolute atomic E-state index is 4.83. The first kappa shape index (κ1) is 25.6. The van der Waals surface area contributed by atoms with Crippen molar-refractivity contribution >= 4 is 35.6 Å². The second-order valence-electron chi connectivity index (χ2n) is 7.74. The van der Waals surface area contributed by atoms with E-state index in [1.807, 2.05) is 30.7 Å². The number of anilines is 1. The maximum Gasteiger partial charge on any atom is 0.194 e. The number of benzene rings is 2. The number of aliphatic imine (C=N–C) groups is 1. The molecule has 0 unspecified atom stereocenters. The molecule has 0 saturated carbocycles. The van der Waals surface area contributed by atoms with Crippen LogP contribution in [0.1, 0.15) is 23.6 Å². The lowest BCUT2D eigenvalue weighted by molar-refractivity contribution is 0.473. The summed E-state index contributed by atoms with van der Waals surface area (Å²) >= 11 is 0. The topological polar surface area (TPSA) is 61.6 Å². The van der Waals surface area contributed by atoms with E-state index < -0.39 is 0 Å². The molecule has 0 atom stereocenters. The minimum atomic E-state index is 0. The lowest BCUT2D eigenvalue weighted by Crippen LogP contribution is -2.39. The summed E-state index contributed by atoms with van der Waals surface area (Å²) in [5, 5.41) is 11.9. The van der Waals surface area contributed by atoms with Gasteiger partial charge in [0.2, 0.25) is 0 Å². The molecule has 0 saturated heterocycles. The SMILES string of the molecule is Cc1nnc(CN=C(NCCCN(C)c2ccccc2)N(C)Cc2ccccc2)n1C.I. The monoisotopic (exact) mass is 547 g/mol. The molecule has 0 aliphatic carbocycles. The van der Waals surface area contributed by atoms with Crippen molar-refractivity contribution in [1.29, 1.82) is 0 Å². The van der Waals surface area contributed by atoms with Crippen LogP contribution < -0.4 is 10.2 Å². The zero-order valence-corrected chi connectivity index (χ0v) is 21.7. The molecular formula is C24H34IN7. The number of aryl methyl sites for hydroxylation is 1. The van der Waals surface area contributed by atoms with E-state index in [4.69, 9.17) is 4.99 Å². The number of hydrogen-bond acceptors (Lipinski definition) is 4. The molecular weight excluding hydrogens is 513 g/mol. The molecule has 1 heterocycles. The Bertz CT molecular complexity index is 957. The first-order chi connectivity index (χ1) is 15.0. The number of guanidine groups is 1. The highest BCUT2D eigenvalue weighted by Crippen LogP contribution is 2.11. The zero-order valence-electron chi connectivity index (χ0n) is 19.4. The van der Waals surface area contributed by atoms with Gasteiger partial charge in [-0.3, -0.25) is 0 Å². The number of nitrogens with zero attached hydrogens (tertiary/aromatic N) is 6. The number of hydrogen-bond donors (Lipinski definition) is 1. The van der Waals surface area contributed by atoms with Crippen molar-refractivity contribution in [2.75, 3.05) is 32.1 Å². The van der Waals surface area contributed by atoms with Gasteiger partial charge >= 0.3 is 0 Å². The molecule has 1 aromatic heterocycles. The van der Waals surface area contributed by atoms with Crippen molar-refractivity contribution in [2.45, 2.75) is 26.4 Å². The van der Waals surface area contributed by atoms with Crippen molar-refractivity contribution in [2.24, 2.45) is 12.0 Å². The molecule has 0 radical (unpaired) electrons. The fourth-order valence-corrected chi connectivity index (χ4v) is 3.31. The molecule has 3 rings (SSSR count). The summed E-state index contributed by atoms with van der Waals surface area (Å²) in [4.78, 5) is 9.26. The molecule has 7 nitrogen and oxygen atoms in total. The molecule has 3 aromatic rings. The van der Waals surface area contributed by atoms with Gasteiger partial charge in [-0.1, -0.05) is 48.5 Å². The van der Waals surface area contributed by atoms with E-state index in [0.717, 1.165) is 43.7 Å². The second-order valence-corrected chi connectivity index (χ2v) is 7.74. The lowest BCUT2D eigenvalue weighted by Gasteiger charge is -2.24. The number of rotatable bonds is 9. The zero-order chi connectivity index (χ0) is 22.1. The fraction of sp³-hybridized carbons (Fsp3) is 0.375. The van der Waals surface area contributed by atoms with E-state index in [1.54, 1.807) is 0 Å². The Hall–Kier alpha value is -2.62. The van der Waals surface area contributed by atoms with Crippen LogP contribution in [0.25, 0.3) is 0 Å². The van der Waals surface area contributed by atoms with E-state index in [9.17, 15) is 0 Å². The first-order valence-electron chi connectivity index (χ1n) is 10.7. The predicted octanol–water partition coefficient (Wildman–Crippen LogP) is 3.85. The van der Waals surface area contributed by atoms with Gasteiger partial charge in [0.25, 0.3) is 0 Å². The maximum atomic E-state index is 4.83. The van der Waals surface area contributed by atoms with Gasteiger partial charge in [0.1, 0.15) is 12.4 Å². The summed E-state index contributed by atoms with van der Waals surface area (Å²) in [6.07, 6.45) is 1.01. The van der Waals surface area contributed by atoms with Crippen LogP contribution in [-0.4, -0.2) is 52.8 Å². The molecule has 172 valence electrons. The summed E-state index contributed by atoms with van der Waals surface area (Å²) in [5.41, 5.74) is 2.48.